The van der Waals surface area contributed by atoms with Crippen LogP contribution in [0.5, 0.6) is 5.75 Å². The zero-order valence-corrected chi connectivity index (χ0v) is 13.6. The number of rotatable bonds is 9. The predicted molar refractivity (Wildman–Crippen MR) is 85.8 cm³/mol. The van der Waals surface area contributed by atoms with E-state index < -0.39 is 11.6 Å². The number of hydrogen-bond donors (Lipinski definition) is 3. The summed E-state index contributed by atoms with van der Waals surface area (Å²) in [5.41, 5.74) is 0.783. The van der Waals surface area contributed by atoms with Crippen molar-refractivity contribution < 1.29 is 14.9 Å². The second-order valence-electron chi connectivity index (χ2n) is 6.23. The van der Waals surface area contributed by atoms with E-state index in [1.54, 1.807) is 0 Å². The van der Waals surface area contributed by atoms with Gasteiger partial charge in [-0.15, -0.1) is 0 Å². The second-order valence-corrected chi connectivity index (χ2v) is 6.23. The molecule has 4 nitrogen and oxygen atoms in total. The summed E-state index contributed by atoms with van der Waals surface area (Å²) in [5, 5.41) is 22.3. The van der Waals surface area contributed by atoms with Crippen molar-refractivity contribution >= 4 is 0 Å². The Labute approximate surface area is 128 Å². The number of ether oxygens (including phenoxy) is 1. The van der Waals surface area contributed by atoms with E-state index in [-0.39, 0.29) is 13.2 Å². The zero-order chi connectivity index (χ0) is 15.9. The van der Waals surface area contributed by atoms with E-state index in [0.29, 0.717) is 12.5 Å². The second kappa shape index (κ2) is 8.37. The summed E-state index contributed by atoms with van der Waals surface area (Å²) in [5.74, 6) is 1.28. The van der Waals surface area contributed by atoms with Crippen LogP contribution in [-0.2, 0) is 0 Å². The Kier molecular flexibility index (Phi) is 7.15. The van der Waals surface area contributed by atoms with Gasteiger partial charge in [-0.05, 0) is 37.8 Å². The average molecular weight is 295 g/mol. The molecule has 2 atom stereocenters. The Hall–Kier alpha value is -1.10. The van der Waals surface area contributed by atoms with Crippen molar-refractivity contribution in [3.05, 3.63) is 29.8 Å². The highest BCUT2D eigenvalue weighted by Crippen LogP contribution is 2.28. The first-order valence-corrected chi connectivity index (χ1v) is 7.65. The van der Waals surface area contributed by atoms with Crippen LogP contribution >= 0.6 is 0 Å². The van der Waals surface area contributed by atoms with Crippen LogP contribution in [0.15, 0.2) is 24.3 Å². The fraction of sp³-hybridized carbons (Fsp3) is 0.647. The number of benzene rings is 1. The molecule has 0 aliphatic heterocycles. The van der Waals surface area contributed by atoms with Gasteiger partial charge in [0.25, 0.3) is 0 Å². The van der Waals surface area contributed by atoms with Crippen LogP contribution in [0.4, 0.5) is 0 Å². The largest absolute Gasteiger partial charge is 0.491 e. The minimum Gasteiger partial charge on any atom is -0.491 e. The van der Waals surface area contributed by atoms with Gasteiger partial charge >= 0.3 is 0 Å². The van der Waals surface area contributed by atoms with E-state index in [1.807, 2.05) is 32.0 Å². The van der Waals surface area contributed by atoms with E-state index >= 15 is 0 Å². The van der Waals surface area contributed by atoms with E-state index in [4.69, 9.17) is 9.84 Å². The lowest BCUT2D eigenvalue weighted by Crippen LogP contribution is -2.47. The van der Waals surface area contributed by atoms with Crippen LogP contribution < -0.4 is 10.1 Å². The molecule has 0 saturated heterocycles. The molecule has 1 aromatic rings. The van der Waals surface area contributed by atoms with Crippen molar-refractivity contribution in [2.75, 3.05) is 19.8 Å². The van der Waals surface area contributed by atoms with E-state index in [2.05, 4.69) is 25.2 Å². The van der Waals surface area contributed by atoms with Gasteiger partial charge in [-0.1, -0.05) is 32.0 Å². The lowest BCUT2D eigenvalue weighted by atomic mass is 9.98. The third-order valence-corrected chi connectivity index (χ3v) is 3.71. The number of aliphatic hydroxyl groups is 2. The van der Waals surface area contributed by atoms with Crippen LogP contribution in [0, 0.1) is 0 Å². The van der Waals surface area contributed by atoms with Crippen molar-refractivity contribution in [2.24, 2.45) is 0 Å². The van der Waals surface area contributed by atoms with Crippen molar-refractivity contribution in [2.45, 2.75) is 51.7 Å². The maximum Gasteiger partial charge on any atom is 0.122 e. The Morgan fingerprint density at radius 1 is 1.29 bits per heavy atom. The van der Waals surface area contributed by atoms with Crippen LogP contribution in [-0.4, -0.2) is 41.6 Å². The quantitative estimate of drug-likeness (QED) is 0.654. The van der Waals surface area contributed by atoms with Crippen molar-refractivity contribution in [1.82, 2.24) is 5.32 Å². The monoisotopic (exact) mass is 295 g/mol. The summed E-state index contributed by atoms with van der Waals surface area (Å²) in [6.45, 7) is 8.75. The van der Waals surface area contributed by atoms with Gasteiger partial charge in [0.15, 0.2) is 0 Å². The standard InChI is InChI=1S/C17H29NO3/c1-5-13(2)15-8-6-7-9-16(15)21-11-14(20)10-18-17(3,4)12-19/h6-9,13-14,18-20H,5,10-12H2,1-4H3/t13-,14+/m1/s1. The summed E-state index contributed by atoms with van der Waals surface area (Å²) >= 11 is 0. The molecule has 0 unspecified atom stereocenters. The van der Waals surface area contributed by atoms with Crippen LogP contribution in [0.1, 0.15) is 45.6 Å². The topological polar surface area (TPSA) is 61.7 Å². The highest BCUT2D eigenvalue weighted by molar-refractivity contribution is 5.35. The Morgan fingerprint density at radius 3 is 2.57 bits per heavy atom. The first-order chi connectivity index (χ1) is 9.89. The van der Waals surface area contributed by atoms with E-state index in [0.717, 1.165) is 12.2 Å². The minimum atomic E-state index is -0.610. The number of para-hydroxylation sites is 1. The van der Waals surface area contributed by atoms with Crippen molar-refractivity contribution in [1.29, 1.82) is 0 Å². The molecule has 1 rings (SSSR count). The average Bonchev–Trinajstić information content (AvgIpc) is 2.50. The smallest absolute Gasteiger partial charge is 0.122 e. The van der Waals surface area contributed by atoms with Gasteiger partial charge in [0.1, 0.15) is 18.5 Å². The maximum absolute atomic E-state index is 9.99. The molecule has 0 heterocycles. The normalized spacial score (nSPS) is 14.8. The van der Waals surface area contributed by atoms with Gasteiger partial charge < -0.3 is 20.3 Å². The molecule has 4 heteroatoms. The number of aliphatic hydroxyl groups excluding tert-OH is 2. The zero-order valence-electron chi connectivity index (χ0n) is 13.6. The van der Waals surface area contributed by atoms with Gasteiger partial charge in [0, 0.05) is 12.1 Å². The highest BCUT2D eigenvalue weighted by atomic mass is 16.5. The van der Waals surface area contributed by atoms with Gasteiger partial charge in [0.2, 0.25) is 0 Å². The molecule has 0 aliphatic rings. The molecule has 0 bridgehead atoms. The number of β-amino-alcohol motifs (C(OH)–C–C–N with tert-alkyl or cyclic N) is 1. The molecule has 0 aromatic heterocycles. The molecule has 21 heavy (non-hydrogen) atoms. The lowest BCUT2D eigenvalue weighted by Gasteiger charge is -2.25. The summed E-state index contributed by atoms with van der Waals surface area (Å²) in [7, 11) is 0. The molecule has 0 spiro atoms. The van der Waals surface area contributed by atoms with Gasteiger partial charge in [-0.3, -0.25) is 0 Å². The Balaban J connectivity index is 2.52. The van der Waals surface area contributed by atoms with Gasteiger partial charge in [0.05, 0.1) is 6.61 Å². The van der Waals surface area contributed by atoms with Gasteiger partial charge in [-0.25, -0.2) is 0 Å². The fourth-order valence-corrected chi connectivity index (χ4v) is 1.93. The SMILES string of the molecule is CC[C@@H](C)c1ccccc1OC[C@@H](O)CNC(C)(C)CO. The van der Waals surface area contributed by atoms with E-state index in [9.17, 15) is 5.11 Å². The van der Waals surface area contributed by atoms with Crippen LogP contribution in [0.25, 0.3) is 0 Å². The number of hydrogen-bond acceptors (Lipinski definition) is 4. The first kappa shape index (κ1) is 18.0. The highest BCUT2D eigenvalue weighted by Gasteiger charge is 2.18. The van der Waals surface area contributed by atoms with Gasteiger partial charge in [-0.2, -0.15) is 0 Å². The van der Waals surface area contributed by atoms with Crippen molar-refractivity contribution in [3.63, 3.8) is 0 Å². The molecular formula is C17H29NO3. The molecule has 1 aromatic carbocycles. The molecule has 0 aliphatic carbocycles. The minimum absolute atomic E-state index is 0.0252. The predicted octanol–water partition coefficient (Wildman–Crippen LogP) is 2.30. The summed E-state index contributed by atoms with van der Waals surface area (Å²) in [4.78, 5) is 0. The Bertz CT molecular complexity index is 420. The molecule has 0 radical (unpaired) electrons. The summed E-state index contributed by atoms with van der Waals surface area (Å²) in [6.07, 6.45) is 0.440. The van der Waals surface area contributed by atoms with E-state index in [1.165, 1.54) is 5.56 Å². The lowest BCUT2D eigenvalue weighted by molar-refractivity contribution is 0.0901. The fourth-order valence-electron chi connectivity index (χ4n) is 1.93. The maximum atomic E-state index is 9.99. The molecule has 120 valence electrons. The third kappa shape index (κ3) is 6.04. The summed E-state index contributed by atoms with van der Waals surface area (Å²) < 4.78 is 5.77. The molecule has 3 N–H and O–H groups in total. The molecule has 0 fully saturated rings. The number of nitrogens with one attached hydrogen (secondary N) is 1. The molecular weight excluding hydrogens is 266 g/mol. The third-order valence-electron chi connectivity index (χ3n) is 3.71. The summed E-state index contributed by atoms with van der Waals surface area (Å²) in [6, 6.07) is 7.97. The van der Waals surface area contributed by atoms with Crippen LogP contribution in [0.3, 0.4) is 0 Å². The molecule has 0 amide bonds. The molecule has 0 saturated carbocycles. The van der Waals surface area contributed by atoms with Crippen molar-refractivity contribution in [3.8, 4) is 5.75 Å². The van der Waals surface area contributed by atoms with Crippen LogP contribution in [0.2, 0.25) is 0 Å². The Morgan fingerprint density at radius 2 is 1.95 bits per heavy atom. The first-order valence-electron chi connectivity index (χ1n) is 7.65.